The molecule has 5 rings (SSSR count). The fourth-order valence-corrected chi connectivity index (χ4v) is 7.66. The molecule has 0 unspecified atom stereocenters. The molecule has 1 N–H and O–H groups in total. The van der Waals surface area contributed by atoms with Crippen LogP contribution in [-0.4, -0.2) is 84.4 Å². The number of aromatic carboxylic acids is 1. The number of benzene rings is 2. The van der Waals surface area contributed by atoms with Gasteiger partial charge in [-0.1, -0.05) is 81.0 Å². The molecule has 7 nitrogen and oxygen atoms in total. The van der Waals surface area contributed by atoms with Crippen molar-refractivity contribution in [2.24, 2.45) is 10.8 Å². The Labute approximate surface area is 255 Å². The minimum atomic E-state index is -0.925. The minimum absolute atomic E-state index is 0.158. The quantitative estimate of drug-likeness (QED) is 0.437. The molecule has 0 radical (unpaired) electrons. The maximum Gasteiger partial charge on any atom is 0.335 e. The van der Waals surface area contributed by atoms with Crippen molar-refractivity contribution in [2.75, 3.05) is 46.8 Å². The van der Waals surface area contributed by atoms with Crippen LogP contribution in [0, 0.1) is 10.8 Å². The summed E-state index contributed by atoms with van der Waals surface area (Å²) in [5, 5.41) is 9.33. The standard InChI is InChI=1S/C36H45N3O4/c1-34(2)29(26-11-13-27(14-12-26)32(41)42)15-18-35(3)25-39(22-16-30(34)35)33(43)36(28-9-7-6-8-10-28)19-23-38(24-20-36)31(40)17-21-37(4)5/h6-16H,17-25H2,1-5H3,(H,41,42)/t35-/m1/s1. The highest BCUT2D eigenvalue weighted by Crippen LogP contribution is 2.55. The van der Waals surface area contributed by atoms with Gasteiger partial charge in [-0.2, -0.15) is 0 Å². The van der Waals surface area contributed by atoms with Gasteiger partial charge in [-0.25, -0.2) is 4.79 Å². The second-order valence-corrected chi connectivity index (χ2v) is 13.6. The third-order valence-corrected chi connectivity index (χ3v) is 10.0. The van der Waals surface area contributed by atoms with Gasteiger partial charge < -0.3 is 19.8 Å². The number of carbonyl (C=O) groups is 3. The molecule has 0 saturated carbocycles. The van der Waals surface area contributed by atoms with Crippen LogP contribution in [-0.2, 0) is 15.0 Å². The highest BCUT2D eigenvalue weighted by Gasteiger charge is 2.50. The molecule has 228 valence electrons. The predicted octanol–water partition coefficient (Wildman–Crippen LogP) is 5.49. The molecule has 1 atom stereocenters. The summed E-state index contributed by atoms with van der Waals surface area (Å²) >= 11 is 0. The minimum Gasteiger partial charge on any atom is -0.478 e. The third-order valence-electron chi connectivity index (χ3n) is 10.0. The Bertz CT molecular complexity index is 1430. The largest absolute Gasteiger partial charge is 0.478 e. The van der Waals surface area contributed by atoms with Crippen molar-refractivity contribution in [3.8, 4) is 0 Å². The summed E-state index contributed by atoms with van der Waals surface area (Å²) in [5.74, 6) is -0.608. The Morgan fingerprint density at radius 3 is 2.14 bits per heavy atom. The normalized spacial score (nSPS) is 22.8. The molecule has 0 bridgehead atoms. The van der Waals surface area contributed by atoms with Crippen molar-refractivity contribution >= 4 is 23.4 Å². The molecule has 2 aromatic rings. The fraction of sp³-hybridized carbons (Fsp3) is 0.472. The van der Waals surface area contributed by atoms with E-state index in [1.54, 1.807) is 12.1 Å². The van der Waals surface area contributed by atoms with Crippen LogP contribution in [0.3, 0.4) is 0 Å². The van der Waals surface area contributed by atoms with E-state index in [9.17, 15) is 19.5 Å². The molecule has 3 aliphatic rings. The van der Waals surface area contributed by atoms with Gasteiger partial charge in [0.2, 0.25) is 11.8 Å². The fourth-order valence-electron chi connectivity index (χ4n) is 7.66. The average molecular weight is 584 g/mol. The van der Waals surface area contributed by atoms with Crippen molar-refractivity contribution in [2.45, 2.75) is 51.9 Å². The number of hydrogen-bond acceptors (Lipinski definition) is 4. The van der Waals surface area contributed by atoms with Crippen LogP contribution < -0.4 is 0 Å². The highest BCUT2D eigenvalue weighted by molar-refractivity contribution is 5.90. The van der Waals surface area contributed by atoms with Gasteiger partial charge in [0.05, 0.1) is 11.0 Å². The van der Waals surface area contributed by atoms with Crippen LogP contribution in [0.25, 0.3) is 5.57 Å². The molecular weight excluding hydrogens is 538 g/mol. The maximum atomic E-state index is 14.6. The van der Waals surface area contributed by atoms with Crippen molar-refractivity contribution in [1.29, 1.82) is 0 Å². The maximum absolute atomic E-state index is 14.6. The smallest absolute Gasteiger partial charge is 0.335 e. The molecule has 43 heavy (non-hydrogen) atoms. The summed E-state index contributed by atoms with van der Waals surface area (Å²) in [6, 6.07) is 17.3. The van der Waals surface area contributed by atoms with Gasteiger partial charge in [-0.15, -0.1) is 0 Å². The number of carbonyl (C=O) groups excluding carboxylic acids is 2. The van der Waals surface area contributed by atoms with E-state index in [1.807, 2.05) is 54.2 Å². The van der Waals surface area contributed by atoms with Crippen LogP contribution in [0.1, 0.15) is 67.9 Å². The van der Waals surface area contributed by atoms with Gasteiger partial charge >= 0.3 is 5.97 Å². The molecule has 1 fully saturated rings. The van der Waals surface area contributed by atoms with E-state index < -0.39 is 11.4 Å². The lowest BCUT2D eigenvalue weighted by Gasteiger charge is -2.52. The van der Waals surface area contributed by atoms with Crippen molar-refractivity contribution in [1.82, 2.24) is 14.7 Å². The molecular formula is C36H45N3O4. The highest BCUT2D eigenvalue weighted by atomic mass is 16.4. The van der Waals surface area contributed by atoms with Crippen LogP contribution in [0.15, 0.2) is 72.3 Å². The van der Waals surface area contributed by atoms with Crippen molar-refractivity contribution < 1.29 is 19.5 Å². The number of carboxylic acids is 1. The molecule has 1 saturated heterocycles. The van der Waals surface area contributed by atoms with E-state index in [4.69, 9.17) is 0 Å². The lowest BCUT2D eigenvalue weighted by atomic mass is 9.58. The first-order valence-electron chi connectivity index (χ1n) is 15.4. The Morgan fingerprint density at radius 2 is 1.53 bits per heavy atom. The molecule has 0 aromatic heterocycles. The average Bonchev–Trinajstić information content (AvgIpc) is 2.99. The summed E-state index contributed by atoms with van der Waals surface area (Å²) in [6.45, 7) is 9.82. The van der Waals surface area contributed by atoms with Crippen LogP contribution >= 0.6 is 0 Å². The Hall–Kier alpha value is -3.71. The van der Waals surface area contributed by atoms with E-state index >= 15 is 0 Å². The first-order chi connectivity index (χ1) is 20.4. The van der Waals surface area contributed by atoms with Crippen LogP contribution in [0.5, 0.6) is 0 Å². The second-order valence-electron chi connectivity index (χ2n) is 13.6. The zero-order valence-corrected chi connectivity index (χ0v) is 26.2. The van der Waals surface area contributed by atoms with Gasteiger partial charge in [0.1, 0.15) is 0 Å². The zero-order valence-electron chi connectivity index (χ0n) is 26.2. The summed E-state index contributed by atoms with van der Waals surface area (Å²) in [5.41, 5.74) is 3.76. The lowest BCUT2D eigenvalue weighted by molar-refractivity contribution is -0.144. The number of carboxylic acid groups (broad SMARTS) is 1. The van der Waals surface area contributed by atoms with Crippen molar-refractivity contribution in [3.63, 3.8) is 0 Å². The van der Waals surface area contributed by atoms with Gasteiger partial charge in [-0.05, 0) is 62.2 Å². The van der Waals surface area contributed by atoms with Gasteiger partial charge in [0.25, 0.3) is 0 Å². The van der Waals surface area contributed by atoms with Gasteiger partial charge in [0, 0.05) is 50.0 Å². The van der Waals surface area contributed by atoms with Crippen LogP contribution in [0.4, 0.5) is 0 Å². The SMILES string of the molecule is CN(C)CCC(=O)N1CCC(C(=O)N2CC=C3C(C)(C)C(c4ccc(C(=O)O)cc4)=CC[C@]3(C)C2)(c2ccccc2)CC1. The second kappa shape index (κ2) is 11.8. The predicted molar refractivity (Wildman–Crippen MR) is 170 cm³/mol. The van der Waals surface area contributed by atoms with E-state index in [2.05, 4.69) is 50.0 Å². The van der Waals surface area contributed by atoms with Gasteiger partial charge in [-0.3, -0.25) is 9.59 Å². The monoisotopic (exact) mass is 583 g/mol. The number of piperidine rings is 1. The number of allylic oxidation sites excluding steroid dienone is 2. The molecule has 2 amide bonds. The Balaban J connectivity index is 1.38. The topological polar surface area (TPSA) is 81.2 Å². The molecule has 2 aromatic carbocycles. The zero-order chi connectivity index (χ0) is 31.0. The number of nitrogens with zero attached hydrogens (tertiary/aromatic N) is 3. The molecule has 1 aliphatic carbocycles. The van der Waals surface area contributed by atoms with Gasteiger partial charge in [0.15, 0.2) is 0 Å². The van der Waals surface area contributed by atoms with E-state index in [-0.39, 0.29) is 28.2 Å². The third kappa shape index (κ3) is 5.79. The summed E-state index contributed by atoms with van der Waals surface area (Å²) in [6.07, 6.45) is 7.08. The van der Waals surface area contributed by atoms with E-state index in [1.165, 1.54) is 11.1 Å². The first kappa shape index (κ1) is 30.7. The van der Waals surface area contributed by atoms with Crippen LogP contribution in [0.2, 0.25) is 0 Å². The summed E-state index contributed by atoms with van der Waals surface area (Å²) in [4.78, 5) is 45.0. The number of rotatable bonds is 7. The van der Waals surface area contributed by atoms with E-state index in [0.717, 1.165) is 24.1 Å². The molecule has 2 heterocycles. The number of likely N-dealkylation sites (tertiary alicyclic amines) is 1. The van der Waals surface area contributed by atoms with Crippen molar-refractivity contribution in [3.05, 3.63) is 89.0 Å². The molecule has 2 aliphatic heterocycles. The Kier molecular flexibility index (Phi) is 8.41. The molecule has 7 heteroatoms. The number of fused-ring (bicyclic) bond motifs is 1. The lowest BCUT2D eigenvalue weighted by Crippen LogP contribution is -2.57. The number of amides is 2. The van der Waals surface area contributed by atoms with E-state index in [0.29, 0.717) is 45.4 Å². The number of hydrogen-bond donors (Lipinski definition) is 1. The summed E-state index contributed by atoms with van der Waals surface area (Å²) < 4.78 is 0. The molecule has 0 spiro atoms. The Morgan fingerprint density at radius 1 is 0.884 bits per heavy atom. The first-order valence-corrected chi connectivity index (χ1v) is 15.4. The summed E-state index contributed by atoms with van der Waals surface area (Å²) in [7, 11) is 3.95.